The molecule has 2 heterocycles. The van der Waals surface area contributed by atoms with Crippen molar-refractivity contribution in [1.29, 1.82) is 0 Å². The molecule has 0 bridgehead atoms. The Bertz CT molecular complexity index is 520. The molecule has 0 aromatic carbocycles. The Balaban J connectivity index is 2.18. The molecule has 21 heavy (non-hydrogen) atoms. The number of rotatable bonds is 5. The Kier molecular flexibility index (Phi) is 4.95. The predicted molar refractivity (Wildman–Crippen MR) is 75.3 cm³/mol. The molecular weight excluding hydrogens is 274 g/mol. The van der Waals surface area contributed by atoms with Crippen LogP contribution in [0.25, 0.3) is 0 Å². The summed E-state index contributed by atoms with van der Waals surface area (Å²) in [4.78, 5) is 24.5. The highest BCUT2D eigenvalue weighted by molar-refractivity contribution is 5.96. The molecule has 2 rings (SSSR count). The minimum atomic E-state index is -1.01. The van der Waals surface area contributed by atoms with Crippen LogP contribution in [0.3, 0.4) is 0 Å². The molecule has 0 aliphatic carbocycles. The lowest BCUT2D eigenvalue weighted by Crippen LogP contribution is -2.35. The van der Waals surface area contributed by atoms with Crippen LogP contribution in [0.1, 0.15) is 41.9 Å². The molecule has 1 aromatic heterocycles. The van der Waals surface area contributed by atoms with E-state index in [9.17, 15) is 9.59 Å². The number of carbonyl (C=O) groups is 2. The van der Waals surface area contributed by atoms with Crippen LogP contribution >= 0.6 is 0 Å². The van der Waals surface area contributed by atoms with Gasteiger partial charge in [0, 0.05) is 25.5 Å². The van der Waals surface area contributed by atoms with Crippen molar-refractivity contribution in [2.24, 2.45) is 0 Å². The summed E-state index contributed by atoms with van der Waals surface area (Å²) in [7, 11) is 0. The van der Waals surface area contributed by atoms with Gasteiger partial charge in [-0.05, 0) is 26.7 Å². The van der Waals surface area contributed by atoms with E-state index in [1.54, 1.807) is 6.92 Å². The number of likely N-dealkylation sites (N-methyl/N-ethyl adjacent to an activating group) is 1. The SMILES string of the molecule is CCN(CC(=O)O)C(=O)c1cnn(C2CCOCC2)c1C. The van der Waals surface area contributed by atoms with Gasteiger partial charge in [-0.1, -0.05) is 0 Å². The summed E-state index contributed by atoms with van der Waals surface area (Å²) in [5.41, 5.74) is 1.26. The molecule has 0 saturated carbocycles. The highest BCUT2D eigenvalue weighted by Gasteiger charge is 2.24. The average molecular weight is 295 g/mol. The van der Waals surface area contributed by atoms with E-state index in [0.717, 1.165) is 18.5 Å². The van der Waals surface area contributed by atoms with Crippen molar-refractivity contribution in [3.05, 3.63) is 17.5 Å². The van der Waals surface area contributed by atoms with E-state index in [1.165, 1.54) is 11.1 Å². The smallest absolute Gasteiger partial charge is 0.323 e. The number of hydrogen-bond donors (Lipinski definition) is 1. The first kappa shape index (κ1) is 15.5. The first-order valence-electron chi connectivity index (χ1n) is 7.17. The number of aromatic nitrogens is 2. The van der Waals surface area contributed by atoms with Gasteiger partial charge in [0.05, 0.1) is 17.8 Å². The molecule has 0 radical (unpaired) electrons. The van der Waals surface area contributed by atoms with E-state index in [-0.39, 0.29) is 18.5 Å². The van der Waals surface area contributed by atoms with Crippen LogP contribution in [0.5, 0.6) is 0 Å². The van der Waals surface area contributed by atoms with E-state index in [1.807, 2.05) is 11.6 Å². The molecule has 1 aliphatic rings. The van der Waals surface area contributed by atoms with E-state index in [4.69, 9.17) is 9.84 Å². The van der Waals surface area contributed by atoms with Crippen molar-refractivity contribution in [1.82, 2.24) is 14.7 Å². The summed E-state index contributed by atoms with van der Waals surface area (Å²) in [6.45, 7) is 5.08. The van der Waals surface area contributed by atoms with Crippen LogP contribution in [-0.2, 0) is 9.53 Å². The van der Waals surface area contributed by atoms with Crippen molar-refractivity contribution >= 4 is 11.9 Å². The van der Waals surface area contributed by atoms with Gasteiger partial charge < -0.3 is 14.7 Å². The minimum absolute atomic E-state index is 0.245. The zero-order valence-electron chi connectivity index (χ0n) is 12.4. The lowest BCUT2D eigenvalue weighted by molar-refractivity contribution is -0.137. The summed E-state index contributed by atoms with van der Waals surface area (Å²) in [6, 6.07) is 0.245. The zero-order valence-corrected chi connectivity index (χ0v) is 12.4. The number of aliphatic carboxylic acids is 1. The molecule has 116 valence electrons. The van der Waals surface area contributed by atoms with Gasteiger partial charge in [0.2, 0.25) is 0 Å². The highest BCUT2D eigenvalue weighted by Crippen LogP contribution is 2.23. The van der Waals surface area contributed by atoms with Crippen molar-refractivity contribution in [2.45, 2.75) is 32.7 Å². The molecule has 1 aromatic rings. The Morgan fingerprint density at radius 2 is 2.14 bits per heavy atom. The fraction of sp³-hybridized carbons (Fsp3) is 0.643. The van der Waals surface area contributed by atoms with Crippen LogP contribution in [-0.4, -0.2) is 58.0 Å². The first-order valence-corrected chi connectivity index (χ1v) is 7.17. The standard InChI is InChI=1S/C14H21N3O4/c1-3-16(9-13(18)19)14(20)12-8-15-17(10(12)2)11-4-6-21-7-5-11/h8,11H,3-7,9H2,1-2H3,(H,18,19). The van der Waals surface area contributed by atoms with Gasteiger partial charge in [-0.2, -0.15) is 5.10 Å². The molecule has 1 saturated heterocycles. The fourth-order valence-electron chi connectivity index (χ4n) is 2.59. The monoisotopic (exact) mass is 295 g/mol. The first-order chi connectivity index (χ1) is 10.0. The van der Waals surface area contributed by atoms with Gasteiger partial charge >= 0.3 is 5.97 Å². The molecule has 1 N–H and O–H groups in total. The van der Waals surface area contributed by atoms with Gasteiger partial charge in [0.1, 0.15) is 6.54 Å². The molecular formula is C14H21N3O4. The third-order valence-electron chi connectivity index (χ3n) is 3.81. The molecule has 7 nitrogen and oxygen atoms in total. The molecule has 7 heteroatoms. The van der Waals surface area contributed by atoms with E-state index in [0.29, 0.717) is 25.3 Å². The van der Waals surface area contributed by atoms with Gasteiger partial charge in [-0.25, -0.2) is 0 Å². The molecule has 1 aliphatic heterocycles. The van der Waals surface area contributed by atoms with Gasteiger partial charge in [0.25, 0.3) is 5.91 Å². The third-order valence-corrected chi connectivity index (χ3v) is 3.81. The number of ether oxygens (including phenoxy) is 1. The molecule has 0 unspecified atom stereocenters. The van der Waals surface area contributed by atoms with Crippen LogP contribution in [0.4, 0.5) is 0 Å². The number of carbonyl (C=O) groups excluding carboxylic acids is 1. The topological polar surface area (TPSA) is 84.7 Å². The van der Waals surface area contributed by atoms with Gasteiger partial charge in [-0.3, -0.25) is 14.3 Å². The maximum absolute atomic E-state index is 12.4. The molecule has 0 atom stereocenters. The van der Waals surface area contributed by atoms with Crippen LogP contribution in [0.2, 0.25) is 0 Å². The average Bonchev–Trinajstić information content (AvgIpc) is 2.86. The Morgan fingerprint density at radius 3 is 2.71 bits per heavy atom. The quantitative estimate of drug-likeness (QED) is 0.879. The molecule has 1 fully saturated rings. The predicted octanol–water partition coefficient (Wildman–Crippen LogP) is 1.09. The summed E-state index contributed by atoms with van der Waals surface area (Å²) in [6.07, 6.45) is 3.29. The summed E-state index contributed by atoms with van der Waals surface area (Å²) < 4.78 is 7.20. The van der Waals surface area contributed by atoms with E-state index >= 15 is 0 Å². The largest absolute Gasteiger partial charge is 0.480 e. The maximum atomic E-state index is 12.4. The normalized spacial score (nSPS) is 15.9. The Morgan fingerprint density at radius 1 is 1.48 bits per heavy atom. The Labute approximate surface area is 123 Å². The fourth-order valence-corrected chi connectivity index (χ4v) is 2.59. The number of nitrogens with zero attached hydrogens (tertiary/aromatic N) is 3. The third kappa shape index (κ3) is 3.41. The van der Waals surface area contributed by atoms with Crippen molar-refractivity contribution in [3.8, 4) is 0 Å². The number of carboxylic acids is 1. The zero-order chi connectivity index (χ0) is 15.4. The highest BCUT2D eigenvalue weighted by atomic mass is 16.5. The van der Waals surface area contributed by atoms with E-state index in [2.05, 4.69) is 5.10 Å². The van der Waals surface area contributed by atoms with Crippen molar-refractivity contribution in [2.75, 3.05) is 26.3 Å². The maximum Gasteiger partial charge on any atom is 0.323 e. The lowest BCUT2D eigenvalue weighted by Gasteiger charge is -2.24. The number of amides is 1. The van der Waals surface area contributed by atoms with Crippen LogP contribution in [0, 0.1) is 6.92 Å². The second-order valence-electron chi connectivity index (χ2n) is 5.14. The summed E-state index contributed by atoms with van der Waals surface area (Å²) in [5.74, 6) is -1.30. The second kappa shape index (κ2) is 6.71. The number of hydrogen-bond acceptors (Lipinski definition) is 4. The van der Waals surface area contributed by atoms with Crippen molar-refractivity contribution in [3.63, 3.8) is 0 Å². The number of carboxylic acid groups (broad SMARTS) is 1. The van der Waals surface area contributed by atoms with Gasteiger partial charge in [0.15, 0.2) is 0 Å². The second-order valence-corrected chi connectivity index (χ2v) is 5.14. The summed E-state index contributed by atoms with van der Waals surface area (Å²) in [5, 5.41) is 13.2. The molecule has 1 amide bonds. The van der Waals surface area contributed by atoms with Crippen LogP contribution in [0.15, 0.2) is 6.20 Å². The minimum Gasteiger partial charge on any atom is -0.480 e. The Hall–Kier alpha value is -1.89. The van der Waals surface area contributed by atoms with Crippen LogP contribution < -0.4 is 0 Å². The summed E-state index contributed by atoms with van der Waals surface area (Å²) >= 11 is 0. The van der Waals surface area contributed by atoms with E-state index < -0.39 is 5.97 Å². The lowest BCUT2D eigenvalue weighted by atomic mass is 10.1. The van der Waals surface area contributed by atoms with Crippen molar-refractivity contribution < 1.29 is 19.4 Å². The molecule has 0 spiro atoms. The van der Waals surface area contributed by atoms with Gasteiger partial charge in [-0.15, -0.1) is 0 Å².